The minimum Gasteiger partial charge on any atom is -0.333 e. The number of hydrogen-bond donors (Lipinski definition) is 1. The van der Waals surface area contributed by atoms with E-state index in [1.54, 1.807) is 4.90 Å². The number of nitrogens with zero attached hydrogens (tertiary/aromatic N) is 1. The first-order valence-corrected chi connectivity index (χ1v) is 8.52. The number of alkyl halides is 3. The molecule has 1 amide bonds. The van der Waals surface area contributed by atoms with Crippen molar-refractivity contribution in [3.63, 3.8) is 0 Å². The van der Waals surface area contributed by atoms with Crippen LogP contribution in [0.5, 0.6) is 0 Å². The molecule has 1 N–H and O–H groups in total. The summed E-state index contributed by atoms with van der Waals surface area (Å²) in [5.74, 6) is 0.0323. The van der Waals surface area contributed by atoms with Crippen molar-refractivity contribution in [3.8, 4) is 0 Å². The third-order valence-corrected chi connectivity index (χ3v) is 4.76. The molecule has 0 aliphatic carbocycles. The van der Waals surface area contributed by atoms with E-state index >= 15 is 0 Å². The Morgan fingerprint density at radius 2 is 2.08 bits per heavy atom. The summed E-state index contributed by atoms with van der Waals surface area (Å²) >= 11 is 0. The summed E-state index contributed by atoms with van der Waals surface area (Å²) in [6.45, 7) is 5.96. The van der Waals surface area contributed by atoms with Crippen molar-refractivity contribution < 1.29 is 18.0 Å². The van der Waals surface area contributed by atoms with Gasteiger partial charge < -0.3 is 10.2 Å². The van der Waals surface area contributed by atoms with E-state index in [0.29, 0.717) is 25.6 Å². The first-order chi connectivity index (χ1) is 11.3. The lowest BCUT2D eigenvalue weighted by Gasteiger charge is -2.37. The number of benzene rings is 1. The largest absolute Gasteiger partial charge is 0.417 e. The summed E-state index contributed by atoms with van der Waals surface area (Å²) < 4.78 is 39.6. The highest BCUT2D eigenvalue weighted by Crippen LogP contribution is 2.33. The third-order valence-electron chi connectivity index (χ3n) is 4.76. The average Bonchev–Trinajstić information content (AvgIpc) is 2.58. The highest BCUT2D eigenvalue weighted by molar-refractivity contribution is 5.96. The van der Waals surface area contributed by atoms with Gasteiger partial charge in [0.05, 0.1) is 11.1 Å². The summed E-state index contributed by atoms with van der Waals surface area (Å²) in [6.07, 6.45) is -1.69. The van der Waals surface area contributed by atoms with E-state index in [0.717, 1.165) is 25.3 Å². The number of rotatable bonds is 5. The second kappa shape index (κ2) is 8.01. The smallest absolute Gasteiger partial charge is 0.333 e. The molecule has 134 valence electrons. The zero-order valence-electron chi connectivity index (χ0n) is 14.2. The van der Waals surface area contributed by atoms with Crippen LogP contribution in [0.1, 0.15) is 49.0 Å². The molecule has 1 aromatic carbocycles. The highest BCUT2D eigenvalue weighted by Gasteiger charge is 2.37. The van der Waals surface area contributed by atoms with Gasteiger partial charge in [0.25, 0.3) is 5.91 Å². The van der Waals surface area contributed by atoms with E-state index in [1.807, 2.05) is 0 Å². The lowest BCUT2D eigenvalue weighted by atomic mass is 9.96. The Labute approximate surface area is 141 Å². The number of piperazine rings is 1. The topological polar surface area (TPSA) is 32.3 Å². The summed E-state index contributed by atoms with van der Waals surface area (Å²) in [5.41, 5.74) is -1.10. The van der Waals surface area contributed by atoms with E-state index in [1.165, 1.54) is 18.2 Å². The molecule has 0 saturated carbocycles. The molecule has 2 atom stereocenters. The molecule has 1 aliphatic heterocycles. The molecule has 1 heterocycles. The first-order valence-electron chi connectivity index (χ1n) is 8.52. The highest BCUT2D eigenvalue weighted by atomic mass is 19.4. The second-order valence-electron chi connectivity index (χ2n) is 6.49. The van der Waals surface area contributed by atoms with Gasteiger partial charge in [0, 0.05) is 25.7 Å². The van der Waals surface area contributed by atoms with Crippen LogP contribution in [-0.4, -0.2) is 36.5 Å². The summed E-state index contributed by atoms with van der Waals surface area (Å²) in [4.78, 5) is 14.4. The molecule has 6 heteroatoms. The molecule has 0 radical (unpaired) electrons. The Balaban J connectivity index is 2.20. The molecule has 1 unspecified atom stereocenters. The molecule has 0 aromatic heterocycles. The summed E-state index contributed by atoms with van der Waals surface area (Å²) in [6, 6.07) is 5.00. The van der Waals surface area contributed by atoms with E-state index < -0.39 is 17.6 Å². The minimum atomic E-state index is -4.52. The van der Waals surface area contributed by atoms with Crippen LogP contribution in [0.15, 0.2) is 24.3 Å². The van der Waals surface area contributed by atoms with Gasteiger partial charge in [-0.25, -0.2) is 0 Å². The molecule has 2 rings (SSSR count). The van der Waals surface area contributed by atoms with Gasteiger partial charge in [0.2, 0.25) is 0 Å². The number of nitrogens with one attached hydrogen (secondary N) is 1. The van der Waals surface area contributed by atoms with Gasteiger partial charge in [-0.2, -0.15) is 13.2 Å². The molecule has 1 aromatic rings. The minimum absolute atomic E-state index is 0.0541. The van der Waals surface area contributed by atoms with Gasteiger partial charge in [-0.15, -0.1) is 0 Å². The van der Waals surface area contributed by atoms with Gasteiger partial charge in [-0.1, -0.05) is 32.4 Å². The van der Waals surface area contributed by atoms with Crippen LogP contribution in [0.2, 0.25) is 0 Å². The van der Waals surface area contributed by atoms with Crippen LogP contribution in [0, 0.1) is 5.92 Å². The maximum absolute atomic E-state index is 13.2. The predicted octanol–water partition coefficient (Wildman–Crippen LogP) is 3.95. The van der Waals surface area contributed by atoms with Crippen LogP contribution >= 0.6 is 0 Å². The molecular weight excluding hydrogens is 317 g/mol. The predicted molar refractivity (Wildman–Crippen MR) is 87.8 cm³/mol. The molecular formula is C18H25F3N2O. The van der Waals surface area contributed by atoms with E-state index in [-0.39, 0.29) is 11.6 Å². The van der Waals surface area contributed by atoms with Crippen LogP contribution < -0.4 is 5.32 Å². The molecule has 1 fully saturated rings. The number of carbonyl (C=O) groups excluding carboxylic acids is 1. The Hall–Kier alpha value is -1.56. The molecule has 0 spiro atoms. The normalized spacial score (nSPS) is 20.0. The lowest BCUT2D eigenvalue weighted by molar-refractivity contribution is -0.138. The van der Waals surface area contributed by atoms with Crippen molar-refractivity contribution in [2.24, 2.45) is 5.92 Å². The standard InChI is InChI=1S/C18H25F3N2O/c1-3-13(2)8-9-14-12-22-10-11-23(14)17(24)15-6-4-5-7-16(15)18(19,20)21/h4-7,13-14,22H,3,8-12H2,1-2H3/t13-,14?/m0/s1. The number of hydrogen-bond acceptors (Lipinski definition) is 2. The zero-order chi connectivity index (χ0) is 17.7. The van der Waals surface area contributed by atoms with Gasteiger partial charge in [0.1, 0.15) is 0 Å². The Bertz CT molecular complexity index is 559. The maximum Gasteiger partial charge on any atom is 0.417 e. The van der Waals surface area contributed by atoms with Gasteiger partial charge in [0.15, 0.2) is 0 Å². The van der Waals surface area contributed by atoms with Gasteiger partial charge in [-0.05, 0) is 30.9 Å². The fraction of sp³-hybridized carbons (Fsp3) is 0.611. The first kappa shape index (κ1) is 18.8. The number of amides is 1. The fourth-order valence-corrected chi connectivity index (χ4v) is 3.04. The number of carbonyl (C=O) groups is 1. The molecule has 24 heavy (non-hydrogen) atoms. The van der Waals surface area contributed by atoms with Crippen molar-refractivity contribution in [2.75, 3.05) is 19.6 Å². The summed E-state index contributed by atoms with van der Waals surface area (Å²) in [5, 5.41) is 3.24. The molecule has 0 bridgehead atoms. The Morgan fingerprint density at radius 3 is 2.75 bits per heavy atom. The quantitative estimate of drug-likeness (QED) is 0.879. The van der Waals surface area contributed by atoms with Crippen LogP contribution in [0.25, 0.3) is 0 Å². The molecule has 1 aliphatic rings. The van der Waals surface area contributed by atoms with E-state index in [9.17, 15) is 18.0 Å². The van der Waals surface area contributed by atoms with Crippen molar-refractivity contribution in [2.45, 2.75) is 45.3 Å². The van der Waals surface area contributed by atoms with E-state index in [4.69, 9.17) is 0 Å². The second-order valence-corrected chi connectivity index (χ2v) is 6.49. The molecule has 3 nitrogen and oxygen atoms in total. The summed E-state index contributed by atoms with van der Waals surface area (Å²) in [7, 11) is 0. The monoisotopic (exact) mass is 342 g/mol. The van der Waals surface area contributed by atoms with Crippen molar-refractivity contribution >= 4 is 5.91 Å². The number of halogens is 3. The Kier molecular flexibility index (Phi) is 6.27. The van der Waals surface area contributed by atoms with E-state index in [2.05, 4.69) is 19.2 Å². The van der Waals surface area contributed by atoms with Crippen molar-refractivity contribution in [1.82, 2.24) is 10.2 Å². The van der Waals surface area contributed by atoms with Crippen LogP contribution in [0.4, 0.5) is 13.2 Å². The lowest BCUT2D eigenvalue weighted by Crippen LogP contribution is -2.53. The van der Waals surface area contributed by atoms with Crippen LogP contribution in [0.3, 0.4) is 0 Å². The van der Waals surface area contributed by atoms with Gasteiger partial charge in [-0.3, -0.25) is 4.79 Å². The maximum atomic E-state index is 13.2. The average molecular weight is 342 g/mol. The fourth-order valence-electron chi connectivity index (χ4n) is 3.04. The van der Waals surface area contributed by atoms with Crippen LogP contribution in [-0.2, 0) is 6.18 Å². The SMILES string of the molecule is CC[C@H](C)CCC1CNCCN1C(=O)c1ccccc1C(F)(F)F. The van der Waals surface area contributed by atoms with Gasteiger partial charge >= 0.3 is 6.18 Å². The van der Waals surface area contributed by atoms with Crippen molar-refractivity contribution in [1.29, 1.82) is 0 Å². The third kappa shape index (κ3) is 4.50. The molecule has 1 saturated heterocycles. The zero-order valence-corrected chi connectivity index (χ0v) is 14.2. The Morgan fingerprint density at radius 1 is 1.38 bits per heavy atom. The van der Waals surface area contributed by atoms with Crippen molar-refractivity contribution in [3.05, 3.63) is 35.4 Å².